The van der Waals surface area contributed by atoms with Crippen LogP contribution >= 0.6 is 11.6 Å². The maximum atomic E-state index is 13.5. The van der Waals surface area contributed by atoms with Gasteiger partial charge in [-0.1, -0.05) is 30.7 Å². The number of anilines is 1. The first kappa shape index (κ1) is 23.0. The summed E-state index contributed by atoms with van der Waals surface area (Å²) in [5.41, 5.74) is 0.939. The van der Waals surface area contributed by atoms with E-state index in [0.717, 1.165) is 22.2 Å². The van der Waals surface area contributed by atoms with Gasteiger partial charge in [0.15, 0.2) is 0 Å². The van der Waals surface area contributed by atoms with E-state index in [1.807, 2.05) is 25.1 Å². The van der Waals surface area contributed by atoms with E-state index in [1.54, 1.807) is 13.0 Å². The van der Waals surface area contributed by atoms with Crippen LogP contribution < -0.4 is 14.4 Å². The Morgan fingerprint density at radius 1 is 1.24 bits per heavy atom. The number of rotatable bonds is 9. The van der Waals surface area contributed by atoms with E-state index in [-0.39, 0.29) is 23.7 Å². The first-order valence-corrected chi connectivity index (χ1v) is 11.3. The zero-order valence-corrected chi connectivity index (χ0v) is 18.1. The van der Waals surface area contributed by atoms with Crippen LogP contribution in [0.5, 0.6) is 5.75 Å². The van der Waals surface area contributed by atoms with Crippen LogP contribution in [0.25, 0.3) is 0 Å². The van der Waals surface area contributed by atoms with E-state index >= 15 is 0 Å². The van der Waals surface area contributed by atoms with Crippen molar-refractivity contribution in [2.75, 3.05) is 17.2 Å². The van der Waals surface area contributed by atoms with Gasteiger partial charge in [-0.05, 0) is 49.2 Å². The molecule has 0 saturated carbocycles. The number of nitrogens with zero attached hydrogens (tertiary/aromatic N) is 1. The summed E-state index contributed by atoms with van der Waals surface area (Å²) < 4.78 is 44.7. The molecule has 2 aromatic carbocycles. The first-order chi connectivity index (χ1) is 13.7. The van der Waals surface area contributed by atoms with Gasteiger partial charge in [0.2, 0.25) is 15.9 Å². The van der Waals surface area contributed by atoms with Crippen LogP contribution in [0.3, 0.4) is 0 Å². The second-order valence-electron chi connectivity index (χ2n) is 6.38. The van der Waals surface area contributed by atoms with Gasteiger partial charge in [-0.2, -0.15) is 0 Å². The maximum Gasteiger partial charge on any atom is 0.244 e. The van der Waals surface area contributed by atoms with Crippen LogP contribution in [0.15, 0.2) is 42.5 Å². The number of ether oxygens (including phenoxy) is 1. The summed E-state index contributed by atoms with van der Waals surface area (Å²) in [6, 6.07) is 9.79. The fourth-order valence-corrected chi connectivity index (χ4v) is 4.28. The molecular weight excluding hydrogens is 419 g/mol. The predicted molar refractivity (Wildman–Crippen MR) is 112 cm³/mol. The molecule has 158 valence electrons. The highest BCUT2D eigenvalue weighted by Crippen LogP contribution is 2.27. The van der Waals surface area contributed by atoms with Crippen LogP contribution in [0.1, 0.15) is 25.8 Å². The summed E-state index contributed by atoms with van der Waals surface area (Å²) in [6.07, 6.45) is 1.21. The third-order valence-corrected chi connectivity index (χ3v) is 5.63. The Labute approximate surface area is 175 Å². The minimum absolute atomic E-state index is 0.124. The Morgan fingerprint density at radius 3 is 2.55 bits per heavy atom. The predicted octanol–water partition coefficient (Wildman–Crippen LogP) is 3.74. The number of carbonyl (C=O) groups excluding carboxylic acids is 1. The van der Waals surface area contributed by atoms with Crippen molar-refractivity contribution in [3.8, 4) is 5.75 Å². The molecule has 1 amide bonds. The third kappa shape index (κ3) is 6.08. The van der Waals surface area contributed by atoms with Crippen LogP contribution in [-0.2, 0) is 21.4 Å². The minimum Gasteiger partial charge on any atom is -0.494 e. The van der Waals surface area contributed by atoms with Crippen molar-refractivity contribution in [3.63, 3.8) is 0 Å². The Morgan fingerprint density at radius 2 is 1.97 bits per heavy atom. The van der Waals surface area contributed by atoms with Crippen LogP contribution in [0, 0.1) is 5.82 Å². The quantitative estimate of drug-likeness (QED) is 0.641. The molecule has 0 aliphatic heterocycles. The molecule has 0 bridgehead atoms. The van der Waals surface area contributed by atoms with Gasteiger partial charge in [-0.25, -0.2) is 12.8 Å². The van der Waals surface area contributed by atoms with Crippen molar-refractivity contribution < 1.29 is 22.3 Å². The lowest BCUT2D eigenvalue weighted by Gasteiger charge is -2.30. The molecule has 2 rings (SSSR count). The molecule has 29 heavy (non-hydrogen) atoms. The van der Waals surface area contributed by atoms with Crippen LogP contribution in [-0.4, -0.2) is 33.2 Å². The smallest absolute Gasteiger partial charge is 0.244 e. The number of benzene rings is 2. The molecule has 6 nitrogen and oxygen atoms in total. The number of amides is 1. The molecule has 0 aliphatic rings. The van der Waals surface area contributed by atoms with Crippen molar-refractivity contribution in [1.82, 2.24) is 5.32 Å². The normalized spacial score (nSPS) is 12.3. The number of carbonyl (C=O) groups is 1. The van der Waals surface area contributed by atoms with Gasteiger partial charge < -0.3 is 10.1 Å². The number of nitrogens with one attached hydrogen (secondary N) is 1. The van der Waals surface area contributed by atoms with Crippen LogP contribution in [0.4, 0.5) is 10.1 Å². The molecule has 0 unspecified atom stereocenters. The highest BCUT2D eigenvalue weighted by atomic mass is 35.5. The fourth-order valence-electron chi connectivity index (χ4n) is 2.90. The summed E-state index contributed by atoms with van der Waals surface area (Å²) in [5.74, 6) is -0.458. The summed E-state index contributed by atoms with van der Waals surface area (Å²) in [5, 5.41) is 2.54. The monoisotopic (exact) mass is 442 g/mol. The van der Waals surface area contributed by atoms with Gasteiger partial charge in [-0.15, -0.1) is 0 Å². The second kappa shape index (κ2) is 9.93. The maximum absolute atomic E-state index is 13.5. The van der Waals surface area contributed by atoms with Crippen molar-refractivity contribution in [2.24, 2.45) is 0 Å². The number of hydrogen-bond donors (Lipinski definition) is 1. The van der Waals surface area contributed by atoms with Gasteiger partial charge in [-0.3, -0.25) is 9.10 Å². The average Bonchev–Trinajstić information content (AvgIpc) is 2.66. The largest absolute Gasteiger partial charge is 0.494 e. The van der Waals surface area contributed by atoms with E-state index in [4.69, 9.17) is 16.3 Å². The SMILES string of the molecule is CCOc1cccc(CNC(=O)[C@@H](CC)N(c2ccc(F)c(Cl)c2)S(C)(=O)=O)c1. The van der Waals surface area contributed by atoms with Crippen LogP contribution in [0.2, 0.25) is 5.02 Å². The van der Waals surface area contributed by atoms with E-state index in [1.165, 1.54) is 12.1 Å². The summed E-state index contributed by atoms with van der Waals surface area (Å²) in [6.45, 7) is 4.31. The summed E-state index contributed by atoms with van der Waals surface area (Å²) >= 11 is 5.81. The van der Waals surface area contributed by atoms with E-state index in [2.05, 4.69) is 5.32 Å². The molecule has 0 radical (unpaired) electrons. The summed E-state index contributed by atoms with van der Waals surface area (Å²) in [4.78, 5) is 12.8. The van der Waals surface area contributed by atoms with Crippen molar-refractivity contribution in [1.29, 1.82) is 0 Å². The lowest BCUT2D eigenvalue weighted by molar-refractivity contribution is -0.122. The van der Waals surface area contributed by atoms with Crippen molar-refractivity contribution in [2.45, 2.75) is 32.9 Å². The van der Waals surface area contributed by atoms with E-state index < -0.39 is 27.8 Å². The molecule has 9 heteroatoms. The van der Waals surface area contributed by atoms with Gasteiger partial charge >= 0.3 is 0 Å². The first-order valence-electron chi connectivity index (χ1n) is 9.11. The average molecular weight is 443 g/mol. The number of halogens is 2. The molecule has 0 aliphatic carbocycles. The van der Waals surface area contributed by atoms with Crippen molar-refractivity contribution >= 4 is 33.2 Å². The van der Waals surface area contributed by atoms with E-state index in [0.29, 0.717) is 12.4 Å². The lowest BCUT2D eigenvalue weighted by Crippen LogP contribution is -2.49. The van der Waals surface area contributed by atoms with Gasteiger partial charge in [0, 0.05) is 6.54 Å². The Hall–Kier alpha value is -2.32. The zero-order valence-electron chi connectivity index (χ0n) is 16.5. The molecular formula is C20H24ClFN2O4S. The summed E-state index contributed by atoms with van der Waals surface area (Å²) in [7, 11) is -3.83. The van der Waals surface area contributed by atoms with Gasteiger partial charge in [0.1, 0.15) is 17.6 Å². The number of sulfonamides is 1. The number of hydrogen-bond acceptors (Lipinski definition) is 4. The molecule has 1 atom stereocenters. The second-order valence-corrected chi connectivity index (χ2v) is 8.65. The van der Waals surface area contributed by atoms with Gasteiger partial charge in [0.25, 0.3) is 0 Å². The topological polar surface area (TPSA) is 75.7 Å². The minimum atomic E-state index is -3.83. The van der Waals surface area contributed by atoms with E-state index in [9.17, 15) is 17.6 Å². The Kier molecular flexibility index (Phi) is 7.87. The molecule has 0 spiro atoms. The fraction of sp³-hybridized carbons (Fsp3) is 0.350. The molecule has 0 saturated heterocycles. The lowest BCUT2D eigenvalue weighted by atomic mass is 10.1. The standard InChI is InChI=1S/C20H24ClFN2O4S/c1-4-19(20(25)23-13-14-7-6-8-16(11-14)28-5-2)24(29(3,26)27)15-9-10-18(22)17(21)12-15/h6-12,19H,4-5,13H2,1-3H3,(H,23,25)/t19-/m1/s1. The zero-order chi connectivity index (χ0) is 21.6. The highest BCUT2D eigenvalue weighted by Gasteiger charge is 2.31. The molecule has 0 heterocycles. The van der Waals surface area contributed by atoms with Gasteiger partial charge in [0.05, 0.1) is 23.6 Å². The highest BCUT2D eigenvalue weighted by molar-refractivity contribution is 7.92. The van der Waals surface area contributed by atoms with Crippen molar-refractivity contribution in [3.05, 3.63) is 58.9 Å². The molecule has 0 fully saturated rings. The molecule has 2 aromatic rings. The molecule has 0 aromatic heterocycles. The Balaban J connectivity index is 2.24. The Bertz CT molecular complexity index is 969. The third-order valence-electron chi connectivity index (χ3n) is 4.16. The molecule has 1 N–H and O–H groups in total.